The fourth-order valence-electron chi connectivity index (χ4n) is 2.87. The minimum Gasteiger partial charge on any atom is -0.300 e. The van der Waals surface area contributed by atoms with Crippen LogP contribution in [0.2, 0.25) is 0 Å². The van der Waals surface area contributed by atoms with Gasteiger partial charge in [0.1, 0.15) is 0 Å². The third kappa shape index (κ3) is 1.09. The van der Waals surface area contributed by atoms with Crippen molar-refractivity contribution < 1.29 is 4.79 Å². The van der Waals surface area contributed by atoms with Crippen molar-refractivity contribution in [2.45, 2.75) is 31.7 Å². The number of carbonyl (C=O) groups is 1. The van der Waals surface area contributed by atoms with E-state index in [0.29, 0.717) is 17.6 Å². The van der Waals surface area contributed by atoms with E-state index in [1.165, 1.54) is 12.8 Å². The van der Waals surface area contributed by atoms with Gasteiger partial charge >= 0.3 is 0 Å². The maximum atomic E-state index is 11.8. The van der Waals surface area contributed by atoms with Crippen LogP contribution < -0.4 is 0 Å². The largest absolute Gasteiger partial charge is 0.300 e. The van der Waals surface area contributed by atoms with Crippen molar-refractivity contribution >= 4 is 5.78 Å². The summed E-state index contributed by atoms with van der Waals surface area (Å²) >= 11 is 0. The van der Waals surface area contributed by atoms with Crippen LogP contribution in [-0.2, 0) is 4.79 Å². The molecule has 2 heteroatoms. The van der Waals surface area contributed by atoms with Gasteiger partial charge in [0.15, 0.2) is 5.78 Å². The molecule has 0 aromatic rings. The van der Waals surface area contributed by atoms with Gasteiger partial charge in [0.05, 0.1) is 6.04 Å². The lowest BCUT2D eigenvalue weighted by Crippen LogP contribution is -2.51. The maximum Gasteiger partial charge on any atom is 0.153 e. The van der Waals surface area contributed by atoms with Crippen LogP contribution >= 0.6 is 0 Å². The van der Waals surface area contributed by atoms with E-state index in [1.54, 1.807) is 0 Å². The molecule has 3 saturated carbocycles. The molecule has 0 spiro atoms. The zero-order chi connectivity index (χ0) is 8.72. The Morgan fingerprint density at radius 1 is 1.17 bits per heavy atom. The van der Waals surface area contributed by atoms with Crippen molar-refractivity contribution in [2.75, 3.05) is 14.1 Å². The quantitative estimate of drug-likeness (QED) is 0.587. The summed E-state index contributed by atoms with van der Waals surface area (Å²) in [5.74, 6) is 1.59. The molecule has 3 aliphatic carbocycles. The predicted octanol–water partition coefficient (Wildman–Crippen LogP) is 1.31. The molecule has 0 aromatic heterocycles. The van der Waals surface area contributed by atoms with Gasteiger partial charge in [-0.3, -0.25) is 9.69 Å². The van der Waals surface area contributed by atoms with E-state index in [4.69, 9.17) is 0 Å². The Labute approximate surface area is 73.9 Å². The lowest BCUT2D eigenvalue weighted by molar-refractivity contribution is -0.136. The number of fused-ring (bicyclic) bond motifs is 3. The second-order valence-electron chi connectivity index (χ2n) is 4.42. The van der Waals surface area contributed by atoms with Crippen molar-refractivity contribution in [1.82, 2.24) is 4.90 Å². The zero-order valence-corrected chi connectivity index (χ0v) is 7.92. The predicted molar refractivity (Wildman–Crippen MR) is 47.9 cm³/mol. The minimum absolute atomic E-state index is 0.248. The summed E-state index contributed by atoms with van der Waals surface area (Å²) in [7, 11) is 4.06. The second kappa shape index (κ2) is 2.84. The summed E-state index contributed by atoms with van der Waals surface area (Å²) in [5, 5.41) is 0. The fourth-order valence-corrected chi connectivity index (χ4v) is 2.87. The molecule has 0 N–H and O–H groups in total. The smallest absolute Gasteiger partial charge is 0.153 e. The topological polar surface area (TPSA) is 20.3 Å². The number of hydrogen-bond donors (Lipinski definition) is 0. The lowest BCUT2D eigenvalue weighted by Gasteiger charge is -2.43. The van der Waals surface area contributed by atoms with Crippen molar-refractivity contribution in [2.24, 2.45) is 11.8 Å². The van der Waals surface area contributed by atoms with Crippen LogP contribution in [0.3, 0.4) is 0 Å². The minimum atomic E-state index is 0.248. The van der Waals surface area contributed by atoms with Crippen LogP contribution in [0.4, 0.5) is 0 Å². The number of Topliss-reactive ketones (excluding diaryl/α,β-unsaturated/α-hetero) is 1. The van der Waals surface area contributed by atoms with Crippen LogP contribution in [0.25, 0.3) is 0 Å². The molecular formula is C10H17NO. The molecule has 3 fully saturated rings. The Hall–Kier alpha value is -0.370. The number of ketones is 1. The Kier molecular flexibility index (Phi) is 1.95. The summed E-state index contributed by atoms with van der Waals surface area (Å²) in [5.41, 5.74) is 0. The van der Waals surface area contributed by atoms with Crippen LogP contribution in [0.1, 0.15) is 25.7 Å². The highest BCUT2D eigenvalue weighted by Gasteiger charge is 2.43. The number of rotatable bonds is 1. The molecule has 12 heavy (non-hydrogen) atoms. The van der Waals surface area contributed by atoms with Gasteiger partial charge in [-0.2, -0.15) is 0 Å². The van der Waals surface area contributed by atoms with E-state index >= 15 is 0 Å². The molecule has 1 atom stereocenters. The molecule has 1 unspecified atom stereocenters. The number of hydrogen-bond acceptors (Lipinski definition) is 2. The highest BCUT2D eigenvalue weighted by molar-refractivity contribution is 5.88. The first-order chi connectivity index (χ1) is 5.70. The lowest BCUT2D eigenvalue weighted by atomic mass is 9.67. The number of carbonyl (C=O) groups excluding carboxylic acids is 1. The van der Waals surface area contributed by atoms with E-state index in [-0.39, 0.29) is 6.04 Å². The highest BCUT2D eigenvalue weighted by Crippen LogP contribution is 2.40. The Bertz CT molecular complexity index is 192. The van der Waals surface area contributed by atoms with Crippen LogP contribution in [0.15, 0.2) is 0 Å². The van der Waals surface area contributed by atoms with Gasteiger partial charge in [-0.25, -0.2) is 0 Å². The Morgan fingerprint density at radius 2 is 1.75 bits per heavy atom. The van der Waals surface area contributed by atoms with Gasteiger partial charge < -0.3 is 0 Å². The van der Waals surface area contributed by atoms with E-state index < -0.39 is 0 Å². The molecular weight excluding hydrogens is 150 g/mol. The summed E-state index contributed by atoms with van der Waals surface area (Å²) in [6.45, 7) is 0. The molecule has 0 heterocycles. The van der Waals surface area contributed by atoms with Crippen molar-refractivity contribution in [3.8, 4) is 0 Å². The standard InChI is InChI=1S/C10H17NO/c1-11(2)9-7-3-5-8(6-4-7)10(9)12/h7-9H,3-6H2,1-2H3. The molecule has 3 aliphatic rings. The summed E-state index contributed by atoms with van der Waals surface area (Å²) in [6.07, 6.45) is 4.88. The van der Waals surface area contributed by atoms with Crippen LogP contribution in [-0.4, -0.2) is 30.8 Å². The number of likely N-dealkylation sites (N-methyl/N-ethyl adjacent to an activating group) is 1. The molecule has 2 nitrogen and oxygen atoms in total. The molecule has 68 valence electrons. The van der Waals surface area contributed by atoms with E-state index in [9.17, 15) is 4.79 Å². The molecule has 0 amide bonds. The molecule has 2 bridgehead atoms. The Balaban J connectivity index is 2.18. The number of nitrogens with zero attached hydrogens (tertiary/aromatic N) is 1. The first kappa shape index (κ1) is 8.24. The maximum absolute atomic E-state index is 11.8. The summed E-state index contributed by atoms with van der Waals surface area (Å²) < 4.78 is 0. The first-order valence-corrected chi connectivity index (χ1v) is 4.90. The summed E-state index contributed by atoms with van der Waals surface area (Å²) in [6, 6.07) is 0.248. The van der Waals surface area contributed by atoms with E-state index in [2.05, 4.69) is 4.90 Å². The third-order valence-corrected chi connectivity index (χ3v) is 3.47. The Morgan fingerprint density at radius 3 is 2.08 bits per heavy atom. The van der Waals surface area contributed by atoms with Gasteiger partial charge in [0.25, 0.3) is 0 Å². The molecule has 0 saturated heterocycles. The molecule has 0 aliphatic heterocycles. The van der Waals surface area contributed by atoms with Crippen LogP contribution in [0, 0.1) is 11.8 Å². The van der Waals surface area contributed by atoms with Gasteiger partial charge in [-0.05, 0) is 45.7 Å². The monoisotopic (exact) mass is 167 g/mol. The van der Waals surface area contributed by atoms with Gasteiger partial charge in [-0.1, -0.05) is 0 Å². The zero-order valence-electron chi connectivity index (χ0n) is 7.92. The average Bonchev–Trinajstić information content (AvgIpc) is 2.05. The van der Waals surface area contributed by atoms with Crippen LogP contribution in [0.5, 0.6) is 0 Å². The van der Waals surface area contributed by atoms with Gasteiger partial charge in [0.2, 0.25) is 0 Å². The molecule has 0 radical (unpaired) electrons. The average molecular weight is 167 g/mol. The van der Waals surface area contributed by atoms with E-state index in [1.807, 2.05) is 14.1 Å². The van der Waals surface area contributed by atoms with Crippen molar-refractivity contribution in [1.29, 1.82) is 0 Å². The van der Waals surface area contributed by atoms with E-state index in [0.717, 1.165) is 12.8 Å². The molecule has 3 rings (SSSR count). The SMILES string of the molecule is CN(C)C1C(=O)C2CCC1CC2. The van der Waals surface area contributed by atoms with Gasteiger partial charge in [-0.15, -0.1) is 0 Å². The fraction of sp³-hybridized carbons (Fsp3) is 0.900. The second-order valence-corrected chi connectivity index (χ2v) is 4.42. The third-order valence-electron chi connectivity index (χ3n) is 3.47. The highest BCUT2D eigenvalue weighted by atomic mass is 16.1. The van der Waals surface area contributed by atoms with Gasteiger partial charge in [0, 0.05) is 5.92 Å². The van der Waals surface area contributed by atoms with Crippen molar-refractivity contribution in [3.05, 3.63) is 0 Å². The first-order valence-electron chi connectivity index (χ1n) is 4.90. The summed E-state index contributed by atoms with van der Waals surface area (Å²) in [4.78, 5) is 13.9. The normalized spacial score (nSPS) is 40.9. The molecule has 0 aromatic carbocycles. The van der Waals surface area contributed by atoms with Crippen molar-refractivity contribution in [3.63, 3.8) is 0 Å².